The van der Waals surface area contributed by atoms with E-state index in [9.17, 15) is 40.4 Å². The minimum absolute atomic E-state index is 0.0374. The normalized spacial score (nSPS) is 11.9. The number of carbonyl (C=O) groups excluding carboxylic acids is 2. The van der Waals surface area contributed by atoms with Gasteiger partial charge in [-0.1, -0.05) is 303 Å². The second-order valence-corrected chi connectivity index (χ2v) is 40.0. The number of quaternary nitrogens is 5. The summed E-state index contributed by atoms with van der Waals surface area (Å²) >= 11 is 0. The number of rotatable bonds is 52. The van der Waals surface area contributed by atoms with Gasteiger partial charge in [0.1, 0.15) is 26.2 Å². The van der Waals surface area contributed by atoms with Gasteiger partial charge in [-0.25, -0.2) is 0 Å². The van der Waals surface area contributed by atoms with Gasteiger partial charge < -0.3 is 104 Å². The number of hydroxylamine groups is 15. The molecule has 139 heavy (non-hydrogen) atoms. The molecule has 10 aromatic carbocycles. The number of carboxylic acids is 1. The van der Waals surface area contributed by atoms with E-state index in [1.165, 1.54) is 33.4 Å². The Morgan fingerprint density at radius 3 is 0.676 bits per heavy atom. The molecule has 0 bridgehead atoms. The predicted molar refractivity (Wildman–Crippen MR) is 578 cm³/mol. The Bertz CT molecular complexity index is 4540. The molecule has 10 rings (SSSR count). The molecule has 0 unspecified atom stereocenters. The third kappa shape index (κ3) is 53.4. The first-order valence-corrected chi connectivity index (χ1v) is 49.3. The largest absolute Gasteiger partial charge is 0.633 e. The van der Waals surface area contributed by atoms with Crippen LogP contribution in [0.1, 0.15) is 117 Å². The van der Waals surface area contributed by atoms with Gasteiger partial charge in [-0.15, -0.1) is 0 Å². The van der Waals surface area contributed by atoms with Crippen LogP contribution in [-0.4, -0.2) is 375 Å². The van der Waals surface area contributed by atoms with E-state index in [4.69, 9.17) is 5.11 Å². The molecule has 10 aromatic rings. The van der Waals surface area contributed by atoms with Crippen molar-refractivity contribution in [3.05, 3.63) is 385 Å². The molecule has 0 spiro atoms. The Kier molecular flexibility index (Phi) is 55.3. The lowest BCUT2D eigenvalue weighted by atomic mass is 9.88. The first kappa shape index (κ1) is 119. The second kappa shape index (κ2) is 64.3. The molecule has 0 atom stereocenters. The topological polar surface area (TPSA) is 228 Å². The van der Waals surface area contributed by atoms with Crippen LogP contribution in [0, 0.1) is 26.0 Å². The van der Waals surface area contributed by atoms with Crippen molar-refractivity contribution in [1.82, 2.24) is 49.4 Å². The van der Waals surface area contributed by atoms with E-state index in [1.54, 1.807) is 61.3 Å². The van der Waals surface area contributed by atoms with Crippen LogP contribution in [0.4, 0.5) is 0 Å². The number of likely N-dealkylation sites (N-methyl/N-ethyl adjacent to an activating group) is 10. The molecule has 0 aliphatic rings. The van der Waals surface area contributed by atoms with Gasteiger partial charge in [0, 0.05) is 127 Å². The molecule has 0 fully saturated rings. The highest BCUT2D eigenvalue weighted by atomic mass is 16.6. The zero-order valence-corrected chi connectivity index (χ0v) is 87.8. The quantitative estimate of drug-likeness (QED) is 0.0205. The fourth-order valence-corrected chi connectivity index (χ4v) is 15.7. The highest BCUT2D eigenvalue weighted by Crippen LogP contribution is 2.34. The molecular weight excluding hydrogens is 1740 g/mol. The van der Waals surface area contributed by atoms with Gasteiger partial charge in [0.2, 0.25) is 11.8 Å². The highest BCUT2D eigenvalue weighted by Gasteiger charge is 2.29. The molecule has 0 saturated heterocycles. The summed E-state index contributed by atoms with van der Waals surface area (Å²) in [6, 6.07) is 102. The molecule has 0 radical (unpaired) electrons. The number of nitrogens with zero attached hydrogens (tertiary/aromatic N) is 14. The molecule has 2 amide bonds. The zero-order valence-electron chi connectivity index (χ0n) is 87.8. The van der Waals surface area contributed by atoms with Crippen molar-refractivity contribution in [1.29, 1.82) is 0 Å². The van der Waals surface area contributed by atoms with Gasteiger partial charge in [0.15, 0.2) is 0 Å². The SMILES string of the molecule is CN(C)CCN(CCC(c1ccccc1)c1ccccc1)CCN(C)C.CN(C)CCN(CCN(C)C)C(=O)CC(c1ccccc1)c1ccccc1.CN(C)CCNCCN(C)C.C[N+](C)([O-])CCN(CC[N+](C)(C)[O-])C(=O)CC(c1ccccc1)c1ccccc1.C[N+](C)([O-])CC[N+]([O-])(CCC(c1ccccc1)c1ccccc1)CC[N+](C)(C)[O-].O=C(O)CC(c1ccccc1)c1ccccc1. The van der Waals surface area contributed by atoms with Crippen LogP contribution < -0.4 is 5.32 Å². The zero-order chi connectivity index (χ0) is 102. The standard InChI is InChI=1S/C23H33N3O3.C23H35N3O3.C23H33N3O.C23H35N3.C15H14O2.C8H21N3/c1-25(2,28)17-15-24(16-18-26(3,4)29)23(27)19-22(20-11-7-5-8-12-20)21-13-9-6-10-14-21;1-24(2,27)17-19-26(29,20-18-25(3,4)28)16-15-23(21-11-7-5-8-12-21)22-13-9-6-10-14-22;1-24(2)15-17-26(18-16-25(3)4)23(27)19-22(20-11-7-5-8-12-20)21-13-9-6-10-14-21;1-24(2)17-19-26(20-18-25(3)4)16-15-23(21-11-7-5-8-12-21)22-13-9-6-10-14-22;16-15(17)11-14(12-7-3-1-4-8-12)13-9-5-2-6-10-13;1-10(2)7-5-9-6-8-11(3)4/h5-14,22H,15-19H2,1-4H3;5-14,23H,15-20H2,1-4H3;5-14,22H,15-19H2,1-4H3;5-14,23H,15-20H2,1-4H3;1-10,14H,11H2,(H,16,17);9H,5-8H2,1-4H3. The number of benzene rings is 10. The van der Waals surface area contributed by atoms with Crippen LogP contribution >= 0.6 is 0 Å². The predicted octanol–water partition coefficient (Wildman–Crippen LogP) is 16.6. The number of amides is 2. The smallest absolute Gasteiger partial charge is 0.304 e. The van der Waals surface area contributed by atoms with Crippen molar-refractivity contribution in [2.45, 2.75) is 61.7 Å². The Labute approximate surface area is 836 Å². The monoisotopic (exact) mass is 1910 g/mol. The Balaban J connectivity index is 0.000000300. The molecule has 0 saturated carbocycles. The fourth-order valence-electron chi connectivity index (χ4n) is 15.7. The lowest BCUT2D eigenvalue weighted by molar-refractivity contribution is -0.942. The summed E-state index contributed by atoms with van der Waals surface area (Å²) in [6.07, 6.45) is 2.72. The van der Waals surface area contributed by atoms with E-state index < -0.39 is 29.2 Å². The maximum Gasteiger partial charge on any atom is 0.304 e. The first-order valence-electron chi connectivity index (χ1n) is 49.3. The summed E-state index contributed by atoms with van der Waals surface area (Å²) in [4.78, 5) is 56.9. The number of aliphatic carboxylic acids is 1. The average molecular weight is 1910 g/mol. The highest BCUT2D eigenvalue weighted by molar-refractivity contribution is 5.78. The van der Waals surface area contributed by atoms with Gasteiger partial charge in [0.05, 0.1) is 95.5 Å². The Morgan fingerprint density at radius 2 is 0.453 bits per heavy atom. The molecule has 24 heteroatoms. The number of carbonyl (C=O) groups is 3. The molecule has 760 valence electrons. The molecule has 2 N–H and O–H groups in total. The van der Waals surface area contributed by atoms with Crippen molar-refractivity contribution in [3.63, 3.8) is 0 Å². The van der Waals surface area contributed by atoms with Crippen LogP contribution in [0.25, 0.3) is 0 Å². The number of hydrogen-bond acceptors (Lipinski definition) is 16. The average Bonchev–Trinajstić information content (AvgIpc) is 0.814. The minimum atomic E-state index is -0.775. The summed E-state index contributed by atoms with van der Waals surface area (Å²) in [5.41, 5.74) is 11.8. The van der Waals surface area contributed by atoms with Crippen molar-refractivity contribution < 1.29 is 42.7 Å². The first-order chi connectivity index (χ1) is 66.0. The lowest BCUT2D eigenvalue weighted by Gasteiger charge is -2.48. The van der Waals surface area contributed by atoms with Gasteiger partial charge in [-0.05, 0) is 153 Å². The van der Waals surface area contributed by atoms with Gasteiger partial charge in [-0.2, -0.15) is 0 Å². The van der Waals surface area contributed by atoms with Crippen molar-refractivity contribution in [2.75, 3.05) is 285 Å². The van der Waals surface area contributed by atoms with E-state index >= 15 is 0 Å². The van der Waals surface area contributed by atoms with E-state index in [1.807, 2.05) is 227 Å². The number of hydrogen-bond donors (Lipinski definition) is 2. The second-order valence-electron chi connectivity index (χ2n) is 40.0. The van der Waals surface area contributed by atoms with Crippen molar-refractivity contribution in [3.8, 4) is 0 Å². The van der Waals surface area contributed by atoms with Gasteiger partial charge in [0.25, 0.3) is 0 Å². The summed E-state index contributed by atoms with van der Waals surface area (Å²) in [6.45, 7) is 15.8. The molecule has 24 nitrogen and oxygen atoms in total. The summed E-state index contributed by atoms with van der Waals surface area (Å²) in [5.74, 6) is -0.0939. The minimum Gasteiger partial charge on any atom is -0.633 e. The lowest BCUT2D eigenvalue weighted by Crippen LogP contribution is -2.54. The van der Waals surface area contributed by atoms with E-state index in [0.29, 0.717) is 57.9 Å². The number of carboxylic acid groups (broad SMARTS) is 1. The third-order valence-corrected chi connectivity index (χ3v) is 24.2. The Morgan fingerprint density at radius 1 is 0.245 bits per heavy atom. The van der Waals surface area contributed by atoms with Crippen LogP contribution in [-0.2, 0) is 14.4 Å². The van der Waals surface area contributed by atoms with Crippen LogP contribution in [0.15, 0.2) is 303 Å². The Hall–Kier alpha value is -10.1. The molecular formula is C115H171N15O9. The van der Waals surface area contributed by atoms with Crippen LogP contribution in [0.5, 0.6) is 0 Å². The van der Waals surface area contributed by atoms with Crippen molar-refractivity contribution in [2.24, 2.45) is 0 Å². The van der Waals surface area contributed by atoms with Gasteiger partial charge in [-0.3, -0.25) is 14.4 Å². The summed E-state index contributed by atoms with van der Waals surface area (Å²) < 4.78 is -2.46. The fraction of sp³-hybridized carbons (Fsp3) is 0.452. The molecule has 0 aromatic heterocycles. The van der Waals surface area contributed by atoms with Gasteiger partial charge >= 0.3 is 5.97 Å². The van der Waals surface area contributed by atoms with Crippen molar-refractivity contribution >= 4 is 17.8 Å². The summed E-state index contributed by atoms with van der Waals surface area (Å²) in [5, 5.41) is 74.1. The maximum atomic E-state index is 13.6. The molecule has 0 aliphatic heterocycles. The van der Waals surface area contributed by atoms with Crippen LogP contribution in [0.3, 0.4) is 0 Å². The summed E-state index contributed by atoms with van der Waals surface area (Å²) in [7, 11) is 37.6. The van der Waals surface area contributed by atoms with Crippen LogP contribution in [0.2, 0.25) is 0 Å². The van der Waals surface area contributed by atoms with E-state index in [0.717, 1.165) is 114 Å². The number of nitrogens with one attached hydrogen (secondary N) is 1. The maximum absolute atomic E-state index is 13.6. The third-order valence-electron chi connectivity index (χ3n) is 24.2. The molecule has 0 heterocycles. The molecule has 0 aliphatic carbocycles. The van der Waals surface area contributed by atoms with E-state index in [-0.39, 0.29) is 68.1 Å². The van der Waals surface area contributed by atoms with E-state index in [2.05, 4.69) is 205 Å².